The van der Waals surface area contributed by atoms with Gasteiger partial charge in [0.15, 0.2) is 0 Å². The topological polar surface area (TPSA) is 55.1 Å². The van der Waals surface area contributed by atoms with E-state index in [-0.39, 0.29) is 11.9 Å². The van der Waals surface area contributed by atoms with Crippen molar-refractivity contribution in [1.82, 2.24) is 5.32 Å². The van der Waals surface area contributed by atoms with Gasteiger partial charge in [-0.2, -0.15) is 0 Å². The normalized spacial score (nSPS) is 12.3. The first-order valence-electron chi connectivity index (χ1n) is 6.66. The largest absolute Gasteiger partial charge is 0.352 e. The number of benzene rings is 2. The number of carbonyl (C=O) groups excluding carboxylic acids is 1. The Morgan fingerprint density at radius 2 is 1.95 bits per heavy atom. The summed E-state index contributed by atoms with van der Waals surface area (Å²) in [7, 11) is 0. The van der Waals surface area contributed by atoms with E-state index >= 15 is 0 Å². The number of rotatable bonds is 5. The van der Waals surface area contributed by atoms with Gasteiger partial charge in [-0.25, -0.2) is 0 Å². The number of nitrogens with two attached hydrogens (primary N) is 1. The molecule has 0 radical (unpaired) electrons. The Balaban J connectivity index is 2.00. The lowest BCUT2D eigenvalue weighted by Gasteiger charge is -2.09. The van der Waals surface area contributed by atoms with Crippen LogP contribution in [-0.2, 0) is 11.3 Å². The van der Waals surface area contributed by atoms with E-state index < -0.39 is 0 Å². The summed E-state index contributed by atoms with van der Waals surface area (Å²) in [5.74, 6) is 0.0604. The van der Waals surface area contributed by atoms with Gasteiger partial charge in [-0.15, -0.1) is 0 Å². The van der Waals surface area contributed by atoms with Crippen molar-refractivity contribution in [2.75, 3.05) is 0 Å². The highest BCUT2D eigenvalue weighted by Crippen LogP contribution is 2.18. The standard InChI is InChI=1S/C16H20N2O/c1-12(17)9-10-16(19)18-11-14-7-4-6-13-5-2-3-8-15(13)14/h2-8,12H,9-11,17H2,1H3,(H,18,19). The lowest BCUT2D eigenvalue weighted by Crippen LogP contribution is -2.25. The molecule has 2 rings (SSSR count). The van der Waals surface area contributed by atoms with E-state index in [1.165, 1.54) is 10.8 Å². The predicted molar refractivity (Wildman–Crippen MR) is 78.7 cm³/mol. The molecule has 1 unspecified atom stereocenters. The number of hydrogen-bond acceptors (Lipinski definition) is 2. The quantitative estimate of drug-likeness (QED) is 0.864. The minimum atomic E-state index is 0.0604. The summed E-state index contributed by atoms with van der Waals surface area (Å²) in [6.45, 7) is 2.48. The van der Waals surface area contributed by atoms with Crippen LogP contribution >= 0.6 is 0 Å². The Morgan fingerprint density at radius 1 is 1.21 bits per heavy atom. The van der Waals surface area contributed by atoms with E-state index in [2.05, 4.69) is 23.5 Å². The maximum absolute atomic E-state index is 11.7. The van der Waals surface area contributed by atoms with Crippen LogP contribution in [-0.4, -0.2) is 11.9 Å². The molecular weight excluding hydrogens is 236 g/mol. The van der Waals surface area contributed by atoms with Gasteiger partial charge in [0.2, 0.25) is 5.91 Å². The SMILES string of the molecule is CC(N)CCC(=O)NCc1cccc2ccccc12. The molecule has 1 amide bonds. The summed E-state index contributed by atoms with van der Waals surface area (Å²) in [5.41, 5.74) is 6.79. The zero-order valence-electron chi connectivity index (χ0n) is 11.2. The molecule has 100 valence electrons. The van der Waals surface area contributed by atoms with Crippen molar-refractivity contribution in [2.24, 2.45) is 5.73 Å². The van der Waals surface area contributed by atoms with Crippen molar-refractivity contribution in [3.8, 4) is 0 Å². The lowest BCUT2D eigenvalue weighted by molar-refractivity contribution is -0.121. The van der Waals surface area contributed by atoms with Crippen LogP contribution in [0.5, 0.6) is 0 Å². The molecule has 0 aliphatic carbocycles. The lowest BCUT2D eigenvalue weighted by atomic mass is 10.0. The first-order chi connectivity index (χ1) is 9.16. The Kier molecular flexibility index (Phi) is 4.53. The summed E-state index contributed by atoms with van der Waals surface area (Å²) in [5, 5.41) is 5.34. The minimum Gasteiger partial charge on any atom is -0.352 e. The first-order valence-corrected chi connectivity index (χ1v) is 6.66. The molecule has 0 aromatic heterocycles. The molecule has 0 heterocycles. The highest BCUT2D eigenvalue weighted by atomic mass is 16.1. The van der Waals surface area contributed by atoms with Crippen LogP contribution in [0.15, 0.2) is 42.5 Å². The maximum atomic E-state index is 11.7. The van der Waals surface area contributed by atoms with Gasteiger partial charge in [0.05, 0.1) is 0 Å². The van der Waals surface area contributed by atoms with Crippen molar-refractivity contribution in [3.63, 3.8) is 0 Å². The molecule has 0 saturated heterocycles. The summed E-state index contributed by atoms with van der Waals surface area (Å²) >= 11 is 0. The van der Waals surface area contributed by atoms with Gasteiger partial charge in [0.1, 0.15) is 0 Å². The highest BCUT2D eigenvalue weighted by molar-refractivity contribution is 5.86. The third-order valence-electron chi connectivity index (χ3n) is 3.18. The molecule has 0 aliphatic heterocycles. The Hall–Kier alpha value is -1.87. The van der Waals surface area contributed by atoms with Gasteiger partial charge >= 0.3 is 0 Å². The van der Waals surface area contributed by atoms with Crippen LogP contribution in [0.1, 0.15) is 25.3 Å². The molecule has 2 aromatic carbocycles. The molecular formula is C16H20N2O. The van der Waals surface area contributed by atoms with Crippen LogP contribution in [0, 0.1) is 0 Å². The van der Waals surface area contributed by atoms with Gasteiger partial charge in [-0.3, -0.25) is 4.79 Å². The number of fused-ring (bicyclic) bond motifs is 1. The maximum Gasteiger partial charge on any atom is 0.220 e. The molecule has 0 fully saturated rings. The van der Waals surface area contributed by atoms with Gasteiger partial charge < -0.3 is 11.1 Å². The van der Waals surface area contributed by atoms with Crippen LogP contribution < -0.4 is 11.1 Å². The van der Waals surface area contributed by atoms with Crippen LogP contribution in [0.2, 0.25) is 0 Å². The number of carbonyl (C=O) groups is 1. The second kappa shape index (κ2) is 6.34. The molecule has 3 N–H and O–H groups in total. The third kappa shape index (κ3) is 3.80. The highest BCUT2D eigenvalue weighted by Gasteiger charge is 2.05. The Bertz CT molecular complexity index is 558. The van der Waals surface area contributed by atoms with E-state index in [1.807, 2.05) is 31.2 Å². The van der Waals surface area contributed by atoms with E-state index in [1.54, 1.807) is 0 Å². The molecule has 0 aliphatic rings. The fourth-order valence-corrected chi connectivity index (χ4v) is 2.09. The monoisotopic (exact) mass is 256 g/mol. The summed E-state index contributed by atoms with van der Waals surface area (Å²) in [6.07, 6.45) is 1.21. The van der Waals surface area contributed by atoms with E-state index in [0.717, 1.165) is 12.0 Å². The van der Waals surface area contributed by atoms with Gasteiger partial charge in [-0.05, 0) is 29.7 Å². The van der Waals surface area contributed by atoms with Gasteiger partial charge in [0.25, 0.3) is 0 Å². The summed E-state index contributed by atoms with van der Waals surface area (Å²) < 4.78 is 0. The zero-order chi connectivity index (χ0) is 13.7. The van der Waals surface area contributed by atoms with Crippen LogP contribution in [0.4, 0.5) is 0 Å². The Morgan fingerprint density at radius 3 is 2.74 bits per heavy atom. The molecule has 0 bridgehead atoms. The third-order valence-corrected chi connectivity index (χ3v) is 3.18. The average Bonchev–Trinajstić information content (AvgIpc) is 2.42. The molecule has 2 aromatic rings. The van der Waals surface area contributed by atoms with Gasteiger partial charge in [-0.1, -0.05) is 42.5 Å². The van der Waals surface area contributed by atoms with Crippen LogP contribution in [0.3, 0.4) is 0 Å². The van der Waals surface area contributed by atoms with E-state index in [9.17, 15) is 4.79 Å². The number of nitrogens with one attached hydrogen (secondary N) is 1. The molecule has 3 heteroatoms. The number of amides is 1. The number of hydrogen-bond donors (Lipinski definition) is 2. The van der Waals surface area contributed by atoms with E-state index in [0.29, 0.717) is 13.0 Å². The van der Waals surface area contributed by atoms with Gasteiger partial charge in [0, 0.05) is 19.0 Å². The molecule has 19 heavy (non-hydrogen) atoms. The average molecular weight is 256 g/mol. The zero-order valence-corrected chi connectivity index (χ0v) is 11.2. The van der Waals surface area contributed by atoms with Crippen molar-refractivity contribution < 1.29 is 4.79 Å². The fourth-order valence-electron chi connectivity index (χ4n) is 2.09. The summed E-state index contributed by atoms with van der Waals surface area (Å²) in [6, 6.07) is 14.4. The molecule has 1 atom stereocenters. The van der Waals surface area contributed by atoms with Crippen molar-refractivity contribution >= 4 is 16.7 Å². The second-order valence-electron chi connectivity index (χ2n) is 4.93. The van der Waals surface area contributed by atoms with Crippen LogP contribution in [0.25, 0.3) is 10.8 Å². The minimum absolute atomic E-state index is 0.0604. The molecule has 0 spiro atoms. The predicted octanol–water partition coefficient (Wildman–Crippen LogP) is 2.58. The van der Waals surface area contributed by atoms with Crippen molar-refractivity contribution in [3.05, 3.63) is 48.0 Å². The summed E-state index contributed by atoms with van der Waals surface area (Å²) in [4.78, 5) is 11.7. The smallest absolute Gasteiger partial charge is 0.220 e. The first kappa shape index (κ1) is 13.6. The molecule has 0 saturated carbocycles. The Labute approximate surface area is 113 Å². The van der Waals surface area contributed by atoms with Crippen molar-refractivity contribution in [1.29, 1.82) is 0 Å². The fraction of sp³-hybridized carbons (Fsp3) is 0.312. The second-order valence-corrected chi connectivity index (χ2v) is 4.93. The van der Waals surface area contributed by atoms with E-state index in [4.69, 9.17) is 5.73 Å². The van der Waals surface area contributed by atoms with Crippen molar-refractivity contribution in [2.45, 2.75) is 32.4 Å². The molecule has 3 nitrogen and oxygen atoms in total.